The number of likely N-dealkylation sites (N-methyl/N-ethyl adjacent to an activating group) is 2. The molecule has 1 saturated heterocycles. The summed E-state index contributed by atoms with van der Waals surface area (Å²) in [6.07, 6.45) is 5.83. The van der Waals surface area contributed by atoms with Crippen molar-refractivity contribution in [2.45, 2.75) is 57.2 Å². The number of rotatable bonds is 4. The van der Waals surface area contributed by atoms with Crippen LogP contribution in [0.1, 0.15) is 39.0 Å². The molecule has 0 aromatic heterocycles. The van der Waals surface area contributed by atoms with Crippen LogP contribution < -0.4 is 0 Å². The van der Waals surface area contributed by atoms with E-state index in [1.807, 2.05) is 0 Å². The van der Waals surface area contributed by atoms with E-state index in [2.05, 4.69) is 23.8 Å². The van der Waals surface area contributed by atoms with Crippen molar-refractivity contribution in [3.05, 3.63) is 0 Å². The second-order valence-electron chi connectivity index (χ2n) is 5.48. The molecule has 1 aliphatic carbocycles. The van der Waals surface area contributed by atoms with Gasteiger partial charge in [-0.25, -0.2) is 0 Å². The first-order valence-corrected chi connectivity index (χ1v) is 6.83. The SMILES string of the molecule is CCN1CCCC1CN(C)C1CCC(O)C1. The van der Waals surface area contributed by atoms with Crippen LogP contribution in [0.2, 0.25) is 0 Å². The van der Waals surface area contributed by atoms with Crippen molar-refractivity contribution in [2.75, 3.05) is 26.7 Å². The molecule has 3 nitrogen and oxygen atoms in total. The summed E-state index contributed by atoms with van der Waals surface area (Å²) in [5.74, 6) is 0. The first-order valence-electron chi connectivity index (χ1n) is 6.83. The van der Waals surface area contributed by atoms with Gasteiger partial charge >= 0.3 is 0 Å². The van der Waals surface area contributed by atoms with Crippen molar-refractivity contribution in [3.63, 3.8) is 0 Å². The highest BCUT2D eigenvalue weighted by molar-refractivity contribution is 4.86. The van der Waals surface area contributed by atoms with Crippen molar-refractivity contribution >= 4 is 0 Å². The molecule has 1 N–H and O–H groups in total. The van der Waals surface area contributed by atoms with Crippen LogP contribution in [0.5, 0.6) is 0 Å². The van der Waals surface area contributed by atoms with E-state index in [1.165, 1.54) is 38.9 Å². The maximum absolute atomic E-state index is 9.57. The Labute approximate surface area is 99.4 Å². The van der Waals surface area contributed by atoms with Crippen LogP contribution in [0.25, 0.3) is 0 Å². The minimum absolute atomic E-state index is 0.0432. The summed E-state index contributed by atoms with van der Waals surface area (Å²) >= 11 is 0. The van der Waals surface area contributed by atoms with Gasteiger partial charge in [-0.15, -0.1) is 0 Å². The molecule has 1 heterocycles. The molecule has 3 unspecified atom stereocenters. The van der Waals surface area contributed by atoms with Gasteiger partial charge in [0.05, 0.1) is 6.10 Å². The first kappa shape index (κ1) is 12.3. The van der Waals surface area contributed by atoms with E-state index in [9.17, 15) is 5.11 Å². The van der Waals surface area contributed by atoms with Crippen molar-refractivity contribution in [2.24, 2.45) is 0 Å². The highest BCUT2D eigenvalue weighted by atomic mass is 16.3. The molecule has 2 rings (SSSR count). The van der Waals surface area contributed by atoms with Crippen molar-refractivity contribution in [3.8, 4) is 0 Å². The van der Waals surface area contributed by atoms with Crippen LogP contribution in [0.4, 0.5) is 0 Å². The fourth-order valence-electron chi connectivity index (χ4n) is 3.33. The molecule has 3 atom stereocenters. The number of aliphatic hydroxyl groups excluding tert-OH is 1. The highest BCUT2D eigenvalue weighted by Crippen LogP contribution is 2.25. The van der Waals surface area contributed by atoms with Crippen LogP contribution in [0.3, 0.4) is 0 Å². The Kier molecular flexibility index (Phi) is 4.22. The second-order valence-corrected chi connectivity index (χ2v) is 5.48. The average Bonchev–Trinajstić information content (AvgIpc) is 2.86. The van der Waals surface area contributed by atoms with Crippen LogP contribution in [-0.4, -0.2) is 59.8 Å². The Morgan fingerprint density at radius 3 is 2.75 bits per heavy atom. The Bertz CT molecular complexity index is 222. The summed E-state index contributed by atoms with van der Waals surface area (Å²) in [6, 6.07) is 1.38. The van der Waals surface area contributed by atoms with Gasteiger partial charge in [-0.2, -0.15) is 0 Å². The molecule has 94 valence electrons. The third-order valence-electron chi connectivity index (χ3n) is 4.40. The van der Waals surface area contributed by atoms with E-state index in [4.69, 9.17) is 0 Å². The first-order chi connectivity index (χ1) is 7.70. The minimum atomic E-state index is -0.0432. The van der Waals surface area contributed by atoms with Gasteiger partial charge in [-0.3, -0.25) is 4.90 Å². The lowest BCUT2D eigenvalue weighted by atomic mass is 10.1. The third kappa shape index (κ3) is 2.76. The predicted molar refractivity (Wildman–Crippen MR) is 66.5 cm³/mol. The molecule has 0 spiro atoms. The van der Waals surface area contributed by atoms with Crippen LogP contribution >= 0.6 is 0 Å². The summed E-state index contributed by atoms with van der Waals surface area (Å²) in [5.41, 5.74) is 0. The lowest BCUT2D eigenvalue weighted by Gasteiger charge is -2.31. The molecule has 0 bridgehead atoms. The van der Waals surface area contributed by atoms with E-state index in [1.54, 1.807) is 0 Å². The van der Waals surface area contributed by atoms with Gasteiger partial charge in [0.1, 0.15) is 0 Å². The van der Waals surface area contributed by atoms with Crippen LogP contribution in [0, 0.1) is 0 Å². The molecule has 1 aliphatic heterocycles. The molecular formula is C13H26N2O. The van der Waals surface area contributed by atoms with Crippen LogP contribution in [-0.2, 0) is 0 Å². The average molecular weight is 226 g/mol. The third-order valence-corrected chi connectivity index (χ3v) is 4.40. The molecule has 0 radical (unpaired) electrons. The summed E-state index contributed by atoms with van der Waals surface area (Å²) in [5, 5.41) is 9.57. The van der Waals surface area contributed by atoms with Gasteiger partial charge in [0.15, 0.2) is 0 Å². The Morgan fingerprint density at radius 2 is 2.12 bits per heavy atom. The van der Waals surface area contributed by atoms with Crippen molar-refractivity contribution < 1.29 is 5.11 Å². The summed E-state index contributed by atoms with van der Waals surface area (Å²) in [7, 11) is 2.23. The smallest absolute Gasteiger partial charge is 0.0555 e. The Balaban J connectivity index is 1.80. The van der Waals surface area contributed by atoms with Gasteiger partial charge in [-0.1, -0.05) is 6.92 Å². The van der Waals surface area contributed by atoms with Crippen molar-refractivity contribution in [1.82, 2.24) is 9.80 Å². The molecule has 0 aromatic carbocycles. The summed E-state index contributed by atoms with van der Waals surface area (Å²) < 4.78 is 0. The Hall–Kier alpha value is -0.120. The van der Waals surface area contributed by atoms with E-state index in [0.717, 1.165) is 18.9 Å². The maximum Gasteiger partial charge on any atom is 0.0555 e. The Morgan fingerprint density at radius 1 is 1.31 bits per heavy atom. The molecule has 0 amide bonds. The zero-order valence-electron chi connectivity index (χ0n) is 10.7. The predicted octanol–water partition coefficient (Wildman–Crippen LogP) is 1.32. The minimum Gasteiger partial charge on any atom is -0.393 e. The molecule has 3 heteroatoms. The monoisotopic (exact) mass is 226 g/mol. The number of nitrogens with zero attached hydrogens (tertiary/aromatic N) is 2. The molecule has 0 aromatic rings. The van der Waals surface area contributed by atoms with Gasteiger partial charge in [-0.05, 0) is 52.2 Å². The largest absolute Gasteiger partial charge is 0.393 e. The molecule has 2 fully saturated rings. The molecular weight excluding hydrogens is 200 g/mol. The zero-order chi connectivity index (χ0) is 11.5. The number of likely N-dealkylation sites (tertiary alicyclic amines) is 1. The van der Waals surface area contributed by atoms with Gasteiger partial charge < -0.3 is 10.0 Å². The quantitative estimate of drug-likeness (QED) is 0.783. The zero-order valence-corrected chi connectivity index (χ0v) is 10.7. The number of aliphatic hydroxyl groups is 1. The van der Waals surface area contributed by atoms with Crippen molar-refractivity contribution in [1.29, 1.82) is 0 Å². The molecule has 16 heavy (non-hydrogen) atoms. The van der Waals surface area contributed by atoms with Gasteiger partial charge in [0, 0.05) is 18.6 Å². The van der Waals surface area contributed by atoms with E-state index in [-0.39, 0.29) is 6.10 Å². The lowest BCUT2D eigenvalue weighted by Crippen LogP contribution is -2.42. The molecule has 2 aliphatic rings. The second kappa shape index (κ2) is 5.48. The fourth-order valence-corrected chi connectivity index (χ4v) is 3.33. The highest BCUT2D eigenvalue weighted by Gasteiger charge is 2.30. The normalized spacial score (nSPS) is 36.4. The van der Waals surface area contributed by atoms with E-state index >= 15 is 0 Å². The summed E-state index contributed by atoms with van der Waals surface area (Å²) in [6.45, 7) is 5.91. The van der Waals surface area contributed by atoms with E-state index in [0.29, 0.717) is 6.04 Å². The van der Waals surface area contributed by atoms with Crippen LogP contribution in [0.15, 0.2) is 0 Å². The summed E-state index contributed by atoms with van der Waals surface area (Å²) in [4.78, 5) is 5.08. The number of hydrogen-bond donors (Lipinski definition) is 1. The molecule has 1 saturated carbocycles. The lowest BCUT2D eigenvalue weighted by molar-refractivity contribution is 0.141. The standard InChI is InChI=1S/C13H26N2O/c1-3-15-8-4-5-12(15)10-14(2)11-6-7-13(16)9-11/h11-13,16H,3-10H2,1-2H3. The van der Waals surface area contributed by atoms with E-state index < -0.39 is 0 Å². The van der Waals surface area contributed by atoms with Gasteiger partial charge in [0.2, 0.25) is 0 Å². The topological polar surface area (TPSA) is 26.7 Å². The maximum atomic E-state index is 9.57. The fraction of sp³-hybridized carbons (Fsp3) is 1.00. The van der Waals surface area contributed by atoms with Gasteiger partial charge in [0.25, 0.3) is 0 Å². The number of hydrogen-bond acceptors (Lipinski definition) is 3.